The Morgan fingerprint density at radius 1 is 1.33 bits per heavy atom. The summed E-state index contributed by atoms with van der Waals surface area (Å²) in [6.07, 6.45) is 7.53. The van der Waals surface area contributed by atoms with Gasteiger partial charge in [0.05, 0.1) is 6.61 Å². The monoisotopic (exact) mass is 285 g/mol. The number of ether oxygens (including phenoxy) is 1. The maximum Gasteiger partial charge on any atom is 0.331 e. The fourth-order valence-corrected chi connectivity index (χ4v) is 1.60. The lowest BCUT2D eigenvalue weighted by Crippen LogP contribution is -2.17. The van der Waals surface area contributed by atoms with E-state index in [1.807, 2.05) is 0 Å². The van der Waals surface area contributed by atoms with Gasteiger partial charge in [-0.25, -0.2) is 14.6 Å². The second-order valence-electron chi connectivity index (χ2n) is 4.11. The summed E-state index contributed by atoms with van der Waals surface area (Å²) in [4.78, 5) is 26.8. The van der Waals surface area contributed by atoms with Gasteiger partial charge >= 0.3 is 12.0 Å². The Balaban J connectivity index is 1.96. The summed E-state index contributed by atoms with van der Waals surface area (Å²) in [7, 11) is 0. The van der Waals surface area contributed by atoms with Crippen LogP contribution in [0.5, 0.6) is 0 Å². The SMILES string of the molecule is CCOC(=O)/C=C/c1ccc(NC(=O)n2ccnc2)cc1. The first-order valence-electron chi connectivity index (χ1n) is 6.43. The van der Waals surface area contributed by atoms with Crippen LogP contribution >= 0.6 is 0 Å². The van der Waals surface area contributed by atoms with Gasteiger partial charge in [0, 0.05) is 24.2 Å². The number of imidazole rings is 1. The molecule has 6 nitrogen and oxygen atoms in total. The zero-order chi connectivity index (χ0) is 15.1. The summed E-state index contributed by atoms with van der Waals surface area (Å²) in [6.45, 7) is 2.10. The molecule has 0 aliphatic rings. The normalized spacial score (nSPS) is 10.5. The number of nitrogens with one attached hydrogen (secondary N) is 1. The summed E-state index contributed by atoms with van der Waals surface area (Å²) in [5.41, 5.74) is 1.49. The molecule has 0 saturated heterocycles. The van der Waals surface area contributed by atoms with Crippen molar-refractivity contribution in [1.82, 2.24) is 9.55 Å². The Morgan fingerprint density at radius 2 is 2.10 bits per heavy atom. The van der Waals surface area contributed by atoms with Crippen molar-refractivity contribution in [3.05, 3.63) is 54.6 Å². The first-order chi connectivity index (χ1) is 10.2. The molecule has 21 heavy (non-hydrogen) atoms. The highest BCUT2D eigenvalue weighted by atomic mass is 16.5. The van der Waals surface area contributed by atoms with Crippen molar-refractivity contribution in [2.24, 2.45) is 0 Å². The molecule has 0 unspecified atom stereocenters. The molecule has 0 aliphatic carbocycles. The van der Waals surface area contributed by atoms with Crippen LogP contribution in [0.4, 0.5) is 10.5 Å². The van der Waals surface area contributed by atoms with E-state index in [1.165, 1.54) is 23.2 Å². The number of rotatable bonds is 4. The molecule has 0 bridgehead atoms. The number of anilines is 1. The second-order valence-corrected chi connectivity index (χ2v) is 4.11. The van der Waals surface area contributed by atoms with Gasteiger partial charge in [-0.05, 0) is 30.7 Å². The van der Waals surface area contributed by atoms with Crippen LogP contribution in [0, 0.1) is 0 Å². The van der Waals surface area contributed by atoms with Crippen molar-refractivity contribution in [1.29, 1.82) is 0 Å². The summed E-state index contributed by atoms with van der Waals surface area (Å²) in [5.74, 6) is -0.380. The second kappa shape index (κ2) is 7.04. The number of aromatic nitrogens is 2. The van der Waals surface area contributed by atoms with Crippen LogP contribution < -0.4 is 5.32 Å². The van der Waals surface area contributed by atoms with E-state index < -0.39 is 0 Å². The minimum atomic E-state index is -0.380. The van der Waals surface area contributed by atoms with E-state index in [1.54, 1.807) is 43.5 Å². The molecule has 1 N–H and O–H groups in total. The molecule has 2 rings (SSSR count). The van der Waals surface area contributed by atoms with Gasteiger partial charge in [-0.1, -0.05) is 12.1 Å². The number of amides is 1. The molecule has 6 heteroatoms. The van der Waals surface area contributed by atoms with Gasteiger partial charge in [-0.2, -0.15) is 0 Å². The molecule has 0 aliphatic heterocycles. The number of hydrogen-bond acceptors (Lipinski definition) is 4. The Morgan fingerprint density at radius 3 is 2.71 bits per heavy atom. The minimum Gasteiger partial charge on any atom is -0.463 e. The molecule has 0 atom stereocenters. The van der Waals surface area contributed by atoms with Gasteiger partial charge in [-0.3, -0.25) is 4.57 Å². The average Bonchev–Trinajstić information content (AvgIpc) is 3.01. The van der Waals surface area contributed by atoms with E-state index in [-0.39, 0.29) is 12.0 Å². The van der Waals surface area contributed by atoms with E-state index in [0.717, 1.165) is 5.56 Å². The van der Waals surface area contributed by atoms with Crippen LogP contribution in [0.2, 0.25) is 0 Å². The lowest BCUT2D eigenvalue weighted by molar-refractivity contribution is -0.137. The minimum absolute atomic E-state index is 0.290. The largest absolute Gasteiger partial charge is 0.463 e. The molecule has 0 saturated carbocycles. The number of benzene rings is 1. The number of hydrogen-bond donors (Lipinski definition) is 1. The summed E-state index contributed by atoms with van der Waals surface area (Å²) in [5, 5.41) is 2.73. The van der Waals surface area contributed by atoms with Gasteiger partial charge in [-0.15, -0.1) is 0 Å². The van der Waals surface area contributed by atoms with Gasteiger partial charge in [0.2, 0.25) is 0 Å². The van der Waals surface area contributed by atoms with Gasteiger partial charge in [0.15, 0.2) is 0 Å². The van der Waals surface area contributed by atoms with Gasteiger partial charge in [0.25, 0.3) is 0 Å². The van der Waals surface area contributed by atoms with Crippen LogP contribution in [0.1, 0.15) is 12.5 Å². The Labute approximate surface area is 122 Å². The Bertz CT molecular complexity index is 631. The van der Waals surface area contributed by atoms with Crippen LogP contribution in [0.3, 0.4) is 0 Å². The van der Waals surface area contributed by atoms with Crippen molar-refractivity contribution < 1.29 is 14.3 Å². The third-order valence-corrected chi connectivity index (χ3v) is 2.60. The standard InChI is InChI=1S/C15H15N3O3/c1-2-21-14(19)8-5-12-3-6-13(7-4-12)17-15(20)18-10-9-16-11-18/h3-11H,2H2,1H3,(H,17,20)/b8-5+. The molecule has 0 spiro atoms. The summed E-state index contributed by atoms with van der Waals surface area (Å²) in [6, 6.07) is 6.79. The van der Waals surface area contributed by atoms with Crippen molar-refractivity contribution in [2.75, 3.05) is 11.9 Å². The van der Waals surface area contributed by atoms with Crippen molar-refractivity contribution >= 4 is 23.8 Å². The molecule has 1 heterocycles. The molecule has 0 fully saturated rings. The Kier molecular flexibility index (Phi) is 4.87. The van der Waals surface area contributed by atoms with E-state index >= 15 is 0 Å². The van der Waals surface area contributed by atoms with E-state index in [4.69, 9.17) is 4.74 Å². The van der Waals surface area contributed by atoms with E-state index in [0.29, 0.717) is 12.3 Å². The molecule has 0 radical (unpaired) electrons. The molecule has 2 aromatic rings. The number of nitrogens with zero attached hydrogens (tertiary/aromatic N) is 2. The number of carbonyl (C=O) groups excluding carboxylic acids is 2. The van der Waals surface area contributed by atoms with Crippen LogP contribution in [-0.2, 0) is 9.53 Å². The molecular weight excluding hydrogens is 270 g/mol. The lowest BCUT2D eigenvalue weighted by atomic mass is 10.2. The van der Waals surface area contributed by atoms with Crippen molar-refractivity contribution in [3.8, 4) is 0 Å². The van der Waals surface area contributed by atoms with Gasteiger partial charge in [0.1, 0.15) is 6.33 Å². The fourth-order valence-electron chi connectivity index (χ4n) is 1.60. The van der Waals surface area contributed by atoms with E-state index in [2.05, 4.69) is 10.3 Å². The predicted octanol–water partition coefficient (Wildman–Crippen LogP) is 2.54. The van der Waals surface area contributed by atoms with Crippen molar-refractivity contribution in [2.45, 2.75) is 6.92 Å². The molecular formula is C15H15N3O3. The lowest BCUT2D eigenvalue weighted by Gasteiger charge is -2.05. The zero-order valence-corrected chi connectivity index (χ0v) is 11.5. The first-order valence-corrected chi connectivity index (χ1v) is 6.43. The third-order valence-electron chi connectivity index (χ3n) is 2.60. The molecule has 108 valence electrons. The van der Waals surface area contributed by atoms with E-state index in [9.17, 15) is 9.59 Å². The zero-order valence-electron chi connectivity index (χ0n) is 11.5. The van der Waals surface area contributed by atoms with Crippen molar-refractivity contribution in [3.63, 3.8) is 0 Å². The summed E-state index contributed by atoms with van der Waals surface area (Å²) < 4.78 is 6.13. The number of esters is 1. The fraction of sp³-hybridized carbons (Fsp3) is 0.133. The van der Waals surface area contributed by atoms with Gasteiger partial charge < -0.3 is 10.1 Å². The molecule has 1 aromatic heterocycles. The van der Waals surface area contributed by atoms with Crippen LogP contribution in [0.15, 0.2) is 49.1 Å². The first kappa shape index (κ1) is 14.5. The smallest absolute Gasteiger partial charge is 0.331 e. The topological polar surface area (TPSA) is 73.2 Å². The highest BCUT2D eigenvalue weighted by molar-refractivity contribution is 5.91. The quantitative estimate of drug-likeness (QED) is 0.692. The highest BCUT2D eigenvalue weighted by Crippen LogP contribution is 2.11. The maximum absolute atomic E-state index is 11.8. The number of carbonyl (C=O) groups is 2. The molecule has 1 amide bonds. The van der Waals surface area contributed by atoms with Crippen LogP contribution in [-0.4, -0.2) is 28.2 Å². The highest BCUT2D eigenvalue weighted by Gasteiger charge is 2.03. The summed E-state index contributed by atoms with van der Waals surface area (Å²) >= 11 is 0. The third kappa shape index (κ3) is 4.31. The Hall–Kier alpha value is -2.89. The average molecular weight is 285 g/mol. The van der Waals surface area contributed by atoms with Crippen LogP contribution in [0.25, 0.3) is 6.08 Å². The predicted molar refractivity (Wildman–Crippen MR) is 78.8 cm³/mol. The molecule has 1 aromatic carbocycles. The maximum atomic E-state index is 11.8.